The number of halogens is 2. The molecule has 2 aromatic rings. The molecule has 2 N–H and O–H groups in total. The van der Waals surface area contributed by atoms with Crippen LogP contribution in [-0.2, 0) is 17.8 Å². The molecule has 1 aliphatic rings. The monoisotopic (exact) mass is 348 g/mol. The van der Waals surface area contributed by atoms with Crippen LogP contribution < -0.4 is 10.6 Å². The van der Waals surface area contributed by atoms with Gasteiger partial charge in [-0.05, 0) is 51.7 Å². The van der Waals surface area contributed by atoms with Gasteiger partial charge < -0.3 is 10.6 Å². The lowest BCUT2D eigenvalue weighted by Crippen LogP contribution is -2.44. The zero-order chi connectivity index (χ0) is 14.8. The first-order valence-corrected chi connectivity index (χ1v) is 7.49. The molecule has 5 heteroatoms. The molecule has 0 fully saturated rings. The lowest BCUT2D eigenvalue weighted by atomic mass is 9.95. The van der Waals surface area contributed by atoms with Crippen molar-refractivity contribution in [1.82, 2.24) is 5.32 Å². The summed E-state index contributed by atoms with van der Waals surface area (Å²) < 4.78 is 13.9. The largest absolute Gasteiger partial charge is 0.324 e. The molecule has 21 heavy (non-hydrogen) atoms. The molecule has 0 saturated carbocycles. The second-order valence-electron chi connectivity index (χ2n) is 5.02. The molecule has 0 bridgehead atoms. The third-order valence-corrected chi connectivity index (χ3v) is 4.28. The molecule has 1 unspecified atom stereocenters. The van der Waals surface area contributed by atoms with Crippen molar-refractivity contribution >= 4 is 27.5 Å². The van der Waals surface area contributed by atoms with Crippen molar-refractivity contribution in [3.05, 3.63) is 63.9 Å². The molecule has 0 spiro atoms. The van der Waals surface area contributed by atoms with Gasteiger partial charge >= 0.3 is 0 Å². The highest BCUT2D eigenvalue weighted by Gasteiger charge is 2.24. The maximum absolute atomic E-state index is 13.2. The molecule has 0 radical (unpaired) electrons. The number of amides is 1. The van der Waals surface area contributed by atoms with Crippen LogP contribution in [0.4, 0.5) is 10.1 Å². The number of fused-ring (bicyclic) bond motifs is 1. The van der Waals surface area contributed by atoms with E-state index in [1.807, 2.05) is 18.2 Å². The SMILES string of the molecule is O=C(Nc1cc(F)ccc1Br)C1Cc2ccccc2CN1. The van der Waals surface area contributed by atoms with Crippen LogP contribution in [0.2, 0.25) is 0 Å². The molecule has 1 heterocycles. The number of carbonyl (C=O) groups is 1. The van der Waals surface area contributed by atoms with Crippen LogP contribution in [0.3, 0.4) is 0 Å². The molecular formula is C16H14BrFN2O. The van der Waals surface area contributed by atoms with E-state index in [1.165, 1.54) is 23.3 Å². The van der Waals surface area contributed by atoms with Gasteiger partial charge in [-0.15, -0.1) is 0 Å². The maximum Gasteiger partial charge on any atom is 0.241 e. The number of hydrogen-bond acceptors (Lipinski definition) is 2. The second kappa shape index (κ2) is 5.95. The molecule has 1 aliphatic heterocycles. The second-order valence-corrected chi connectivity index (χ2v) is 5.87. The highest BCUT2D eigenvalue weighted by molar-refractivity contribution is 9.10. The van der Waals surface area contributed by atoms with E-state index in [9.17, 15) is 9.18 Å². The van der Waals surface area contributed by atoms with Crippen LogP contribution in [0.15, 0.2) is 46.9 Å². The number of hydrogen-bond donors (Lipinski definition) is 2. The highest BCUT2D eigenvalue weighted by atomic mass is 79.9. The van der Waals surface area contributed by atoms with Gasteiger partial charge in [0.25, 0.3) is 0 Å². The van der Waals surface area contributed by atoms with Crippen molar-refractivity contribution in [2.75, 3.05) is 5.32 Å². The maximum atomic E-state index is 13.2. The predicted octanol–water partition coefficient (Wildman–Crippen LogP) is 3.24. The van der Waals surface area contributed by atoms with Crippen LogP contribution in [0.5, 0.6) is 0 Å². The van der Waals surface area contributed by atoms with Crippen molar-refractivity contribution in [2.24, 2.45) is 0 Å². The third kappa shape index (κ3) is 3.14. The van der Waals surface area contributed by atoms with Crippen molar-refractivity contribution in [2.45, 2.75) is 19.0 Å². The van der Waals surface area contributed by atoms with E-state index >= 15 is 0 Å². The summed E-state index contributed by atoms with van der Waals surface area (Å²) in [6.45, 7) is 0.665. The van der Waals surface area contributed by atoms with Gasteiger partial charge in [-0.2, -0.15) is 0 Å². The molecule has 1 atom stereocenters. The summed E-state index contributed by atoms with van der Waals surface area (Å²) in [5.74, 6) is -0.536. The normalized spacial score (nSPS) is 17.1. The Morgan fingerprint density at radius 3 is 2.81 bits per heavy atom. The Morgan fingerprint density at radius 2 is 2.00 bits per heavy atom. The summed E-state index contributed by atoms with van der Waals surface area (Å²) in [7, 11) is 0. The van der Waals surface area contributed by atoms with Crippen molar-refractivity contribution < 1.29 is 9.18 Å². The summed E-state index contributed by atoms with van der Waals surface area (Å²) in [6, 6.07) is 12.0. The number of nitrogens with one attached hydrogen (secondary N) is 2. The lowest BCUT2D eigenvalue weighted by Gasteiger charge is -2.25. The minimum atomic E-state index is -0.379. The zero-order valence-corrected chi connectivity index (χ0v) is 12.8. The molecule has 0 saturated heterocycles. The molecule has 1 amide bonds. The number of carbonyl (C=O) groups excluding carboxylic acids is 1. The zero-order valence-electron chi connectivity index (χ0n) is 11.2. The lowest BCUT2D eigenvalue weighted by molar-refractivity contribution is -0.118. The minimum Gasteiger partial charge on any atom is -0.324 e. The fourth-order valence-electron chi connectivity index (χ4n) is 2.45. The molecule has 3 nitrogen and oxygen atoms in total. The minimum absolute atomic E-state index is 0.157. The predicted molar refractivity (Wildman–Crippen MR) is 83.5 cm³/mol. The average molecular weight is 349 g/mol. The fraction of sp³-hybridized carbons (Fsp3) is 0.188. The van der Waals surface area contributed by atoms with Crippen LogP contribution in [0.25, 0.3) is 0 Å². The van der Waals surface area contributed by atoms with Gasteiger partial charge in [0.2, 0.25) is 5.91 Å². The van der Waals surface area contributed by atoms with Gasteiger partial charge in [-0.25, -0.2) is 4.39 Å². The van der Waals surface area contributed by atoms with Crippen molar-refractivity contribution in [1.29, 1.82) is 0 Å². The number of benzene rings is 2. The van der Waals surface area contributed by atoms with Crippen LogP contribution in [-0.4, -0.2) is 11.9 Å². The van der Waals surface area contributed by atoms with E-state index < -0.39 is 0 Å². The van der Waals surface area contributed by atoms with E-state index in [0.717, 1.165) is 0 Å². The molecule has 0 aliphatic carbocycles. The Balaban J connectivity index is 1.74. The van der Waals surface area contributed by atoms with Gasteiger partial charge in [-0.1, -0.05) is 24.3 Å². The van der Waals surface area contributed by atoms with Gasteiger partial charge in [0.05, 0.1) is 11.7 Å². The summed E-state index contributed by atoms with van der Waals surface area (Å²) >= 11 is 3.31. The Kier molecular flexibility index (Phi) is 4.03. The van der Waals surface area contributed by atoms with E-state index in [1.54, 1.807) is 6.07 Å². The summed E-state index contributed by atoms with van der Waals surface area (Å²) in [6.07, 6.45) is 0.634. The summed E-state index contributed by atoms with van der Waals surface area (Å²) in [5, 5.41) is 5.97. The Bertz CT molecular complexity index is 690. The van der Waals surface area contributed by atoms with Crippen molar-refractivity contribution in [3.63, 3.8) is 0 Å². The average Bonchev–Trinajstić information content (AvgIpc) is 2.50. The molecule has 3 rings (SSSR count). The quantitative estimate of drug-likeness (QED) is 0.874. The van der Waals surface area contributed by atoms with Crippen molar-refractivity contribution in [3.8, 4) is 0 Å². The smallest absolute Gasteiger partial charge is 0.241 e. The highest BCUT2D eigenvalue weighted by Crippen LogP contribution is 2.24. The standard InChI is InChI=1S/C16H14BrFN2O/c17-13-6-5-12(18)8-14(13)20-16(21)15-7-10-3-1-2-4-11(10)9-19-15/h1-6,8,15,19H,7,9H2,(H,20,21). The van der Waals surface area contributed by atoms with Crippen LogP contribution >= 0.6 is 15.9 Å². The third-order valence-electron chi connectivity index (χ3n) is 3.58. The van der Waals surface area contributed by atoms with Crippen LogP contribution in [0, 0.1) is 5.82 Å². The Labute approximate surface area is 130 Å². The number of anilines is 1. The molecule has 0 aromatic heterocycles. The molecule has 2 aromatic carbocycles. The first kappa shape index (κ1) is 14.2. The fourth-order valence-corrected chi connectivity index (χ4v) is 2.80. The van der Waals surface area contributed by atoms with E-state index in [4.69, 9.17) is 0 Å². The van der Waals surface area contributed by atoms with E-state index in [0.29, 0.717) is 23.1 Å². The van der Waals surface area contributed by atoms with E-state index in [-0.39, 0.29) is 17.8 Å². The van der Waals surface area contributed by atoms with E-state index in [2.05, 4.69) is 32.6 Å². The van der Waals surface area contributed by atoms with Gasteiger partial charge in [0.1, 0.15) is 5.82 Å². The Hall–Kier alpha value is -1.72. The summed E-state index contributed by atoms with van der Waals surface area (Å²) in [4.78, 5) is 12.3. The van der Waals surface area contributed by atoms with Gasteiger partial charge in [0, 0.05) is 11.0 Å². The molecule has 108 valence electrons. The topological polar surface area (TPSA) is 41.1 Å². The van der Waals surface area contributed by atoms with Gasteiger partial charge in [-0.3, -0.25) is 4.79 Å². The van der Waals surface area contributed by atoms with Crippen LogP contribution in [0.1, 0.15) is 11.1 Å². The number of rotatable bonds is 2. The molecular weight excluding hydrogens is 335 g/mol. The Morgan fingerprint density at radius 1 is 1.24 bits per heavy atom. The first-order valence-electron chi connectivity index (χ1n) is 6.69. The summed E-state index contributed by atoms with van der Waals surface area (Å²) in [5.41, 5.74) is 2.84. The first-order chi connectivity index (χ1) is 10.1. The van der Waals surface area contributed by atoms with Gasteiger partial charge in [0.15, 0.2) is 0 Å².